The summed E-state index contributed by atoms with van der Waals surface area (Å²) >= 11 is 0. The van der Waals surface area contributed by atoms with Gasteiger partial charge in [-0.1, -0.05) is 188 Å². The molecule has 1 heterocycles. The smallest absolute Gasteiger partial charge is 0.143 e. The molecule has 1 heteroatoms. The first-order valence-electron chi connectivity index (χ1n) is 21.1. The van der Waals surface area contributed by atoms with Gasteiger partial charge in [-0.15, -0.1) is 0 Å². The molecule has 282 valence electrons. The van der Waals surface area contributed by atoms with Crippen LogP contribution >= 0.6 is 0 Å². The highest BCUT2D eigenvalue weighted by Gasteiger charge is 2.25. The molecule has 0 saturated heterocycles. The number of hydrogen-bond donors (Lipinski definition) is 0. The van der Waals surface area contributed by atoms with E-state index in [1.54, 1.807) is 0 Å². The van der Waals surface area contributed by atoms with Crippen LogP contribution < -0.4 is 0 Å². The van der Waals surface area contributed by atoms with Crippen LogP contribution in [-0.4, -0.2) is 0 Å². The molecule has 11 aromatic carbocycles. The number of benzene rings is 11. The lowest BCUT2D eigenvalue weighted by molar-refractivity contribution is 0.670. The third-order valence-electron chi connectivity index (χ3n) is 13.0. The minimum Gasteiger partial charge on any atom is -0.455 e. The van der Waals surface area contributed by atoms with Gasteiger partial charge in [0.05, 0.1) is 0 Å². The SMILES string of the molecule is c1ccc2c(c1)-c1ccccc1-c1cccc(-c3cc(-c4ccc5c6ccccc6c6ccccc6c5c4)cc(-c4cccc5c4oc4ccccc45)c3)c1-c1ccccc1-2. The van der Waals surface area contributed by atoms with E-state index >= 15 is 0 Å². The van der Waals surface area contributed by atoms with E-state index in [4.69, 9.17) is 4.42 Å². The van der Waals surface area contributed by atoms with E-state index in [0.717, 1.165) is 44.2 Å². The van der Waals surface area contributed by atoms with Crippen LogP contribution in [0.25, 0.3) is 132 Å². The zero-order chi connectivity index (χ0) is 40.0. The fraction of sp³-hybridized carbons (Fsp3) is 0. The minimum atomic E-state index is 0.898. The minimum absolute atomic E-state index is 0.898. The summed E-state index contributed by atoms with van der Waals surface area (Å²) in [6.45, 7) is 0. The maximum absolute atomic E-state index is 6.72. The highest BCUT2D eigenvalue weighted by atomic mass is 16.3. The summed E-state index contributed by atoms with van der Waals surface area (Å²) in [5.74, 6) is 0. The molecule has 0 bridgehead atoms. The van der Waals surface area contributed by atoms with Crippen molar-refractivity contribution in [2.75, 3.05) is 0 Å². The van der Waals surface area contributed by atoms with Crippen molar-refractivity contribution >= 4 is 54.3 Å². The number of para-hydroxylation sites is 2. The third-order valence-corrected chi connectivity index (χ3v) is 13.0. The maximum Gasteiger partial charge on any atom is 0.143 e. The first-order chi connectivity index (χ1) is 30.3. The Morgan fingerprint density at radius 1 is 0.213 bits per heavy atom. The standard InChI is InChI=1S/C60H36O/c1-3-17-45-43(15-1)46-18-5-7-21-50(46)55-28-13-26-41(59(55)54-25-10-9-22-49(45)54)39-33-38(34-40(35-39)42-27-14-29-56-53-24-11-12-30-58(53)61-60(42)56)37-31-32-52-48-20-4-2-16-44(48)47-19-6-8-23-51(47)57(52)36-37/h1-36H. The second kappa shape index (κ2) is 13.3. The second-order valence-electron chi connectivity index (χ2n) is 16.3. The predicted molar refractivity (Wildman–Crippen MR) is 258 cm³/mol. The van der Waals surface area contributed by atoms with E-state index in [0.29, 0.717) is 0 Å². The van der Waals surface area contributed by atoms with Crippen molar-refractivity contribution < 1.29 is 4.42 Å². The highest BCUT2D eigenvalue weighted by Crippen LogP contribution is 2.51. The van der Waals surface area contributed by atoms with Crippen LogP contribution in [0.4, 0.5) is 0 Å². The number of furan rings is 1. The molecule has 1 aliphatic rings. The van der Waals surface area contributed by atoms with Crippen LogP contribution in [0.3, 0.4) is 0 Å². The molecular formula is C60H36O. The van der Waals surface area contributed by atoms with Gasteiger partial charge in [-0.2, -0.15) is 0 Å². The zero-order valence-corrected chi connectivity index (χ0v) is 33.2. The summed E-state index contributed by atoms with van der Waals surface area (Å²) in [4.78, 5) is 0. The van der Waals surface area contributed by atoms with Gasteiger partial charge in [0, 0.05) is 16.3 Å². The van der Waals surface area contributed by atoms with Crippen molar-refractivity contribution in [2.45, 2.75) is 0 Å². The summed E-state index contributed by atoms with van der Waals surface area (Å²) in [6.07, 6.45) is 0. The first-order valence-corrected chi connectivity index (χ1v) is 21.1. The first kappa shape index (κ1) is 33.9. The van der Waals surface area contributed by atoms with E-state index in [-0.39, 0.29) is 0 Å². The molecule has 1 aliphatic carbocycles. The van der Waals surface area contributed by atoms with Crippen molar-refractivity contribution in [3.05, 3.63) is 218 Å². The quantitative estimate of drug-likeness (QED) is 0.163. The van der Waals surface area contributed by atoms with Gasteiger partial charge in [-0.3, -0.25) is 0 Å². The Bertz CT molecular complexity index is 3730. The Morgan fingerprint density at radius 2 is 0.623 bits per heavy atom. The largest absolute Gasteiger partial charge is 0.455 e. The summed E-state index contributed by atoms with van der Waals surface area (Å²) in [5, 5.41) is 9.87. The molecule has 0 amide bonds. The molecule has 0 N–H and O–H groups in total. The van der Waals surface area contributed by atoms with E-state index < -0.39 is 0 Å². The number of fused-ring (bicyclic) bond motifs is 17. The average molecular weight is 773 g/mol. The van der Waals surface area contributed by atoms with Gasteiger partial charge in [-0.25, -0.2) is 0 Å². The molecule has 0 atom stereocenters. The van der Waals surface area contributed by atoms with E-state index in [2.05, 4.69) is 212 Å². The predicted octanol–water partition coefficient (Wildman–Crippen LogP) is 17.0. The Hall–Kier alpha value is -8.00. The molecule has 13 rings (SSSR count). The van der Waals surface area contributed by atoms with Crippen LogP contribution in [0, 0.1) is 0 Å². The Labute approximate surface area is 353 Å². The summed E-state index contributed by atoms with van der Waals surface area (Å²) in [6, 6.07) is 80.3. The van der Waals surface area contributed by atoms with Crippen molar-refractivity contribution in [3.8, 4) is 77.9 Å². The van der Waals surface area contributed by atoms with Crippen molar-refractivity contribution in [1.82, 2.24) is 0 Å². The topological polar surface area (TPSA) is 13.1 Å². The third kappa shape index (κ3) is 5.14. The molecule has 0 fully saturated rings. The average Bonchev–Trinajstić information content (AvgIpc) is 3.72. The monoisotopic (exact) mass is 772 g/mol. The van der Waals surface area contributed by atoms with Crippen molar-refractivity contribution in [2.24, 2.45) is 0 Å². The summed E-state index contributed by atoms with van der Waals surface area (Å²) < 4.78 is 6.72. The fourth-order valence-corrected chi connectivity index (χ4v) is 10.3. The van der Waals surface area contributed by atoms with Crippen LogP contribution in [0.1, 0.15) is 0 Å². The van der Waals surface area contributed by atoms with Gasteiger partial charge >= 0.3 is 0 Å². The molecule has 0 saturated carbocycles. The lowest BCUT2D eigenvalue weighted by Crippen LogP contribution is -1.99. The van der Waals surface area contributed by atoms with Gasteiger partial charge < -0.3 is 4.42 Å². The van der Waals surface area contributed by atoms with Gasteiger partial charge in [0.25, 0.3) is 0 Å². The van der Waals surface area contributed by atoms with Gasteiger partial charge in [-0.05, 0) is 135 Å². The van der Waals surface area contributed by atoms with Crippen LogP contribution in [0.2, 0.25) is 0 Å². The molecule has 0 radical (unpaired) electrons. The van der Waals surface area contributed by atoms with Gasteiger partial charge in [0.2, 0.25) is 0 Å². The lowest BCUT2D eigenvalue weighted by atomic mass is 9.78. The number of rotatable bonds is 3. The summed E-state index contributed by atoms with van der Waals surface area (Å²) in [5.41, 5.74) is 18.6. The second-order valence-corrected chi connectivity index (χ2v) is 16.3. The molecule has 1 aromatic heterocycles. The van der Waals surface area contributed by atoms with E-state index in [1.165, 1.54) is 88.0 Å². The van der Waals surface area contributed by atoms with Crippen LogP contribution in [0.5, 0.6) is 0 Å². The molecule has 1 nitrogen and oxygen atoms in total. The molecule has 0 aliphatic heterocycles. The van der Waals surface area contributed by atoms with Crippen molar-refractivity contribution in [3.63, 3.8) is 0 Å². The fourth-order valence-electron chi connectivity index (χ4n) is 10.3. The van der Waals surface area contributed by atoms with Gasteiger partial charge in [0.1, 0.15) is 11.2 Å². The molecule has 0 spiro atoms. The highest BCUT2D eigenvalue weighted by molar-refractivity contribution is 6.26. The van der Waals surface area contributed by atoms with E-state index in [9.17, 15) is 0 Å². The summed E-state index contributed by atoms with van der Waals surface area (Å²) in [7, 11) is 0. The lowest BCUT2D eigenvalue weighted by Gasteiger charge is -2.25. The van der Waals surface area contributed by atoms with E-state index in [1.807, 2.05) is 6.07 Å². The number of hydrogen-bond acceptors (Lipinski definition) is 1. The Kier molecular flexibility index (Phi) is 7.37. The molecular weight excluding hydrogens is 737 g/mol. The van der Waals surface area contributed by atoms with Crippen molar-refractivity contribution in [1.29, 1.82) is 0 Å². The molecule has 12 aromatic rings. The molecule has 61 heavy (non-hydrogen) atoms. The Balaban J connectivity index is 1.12. The normalized spacial score (nSPS) is 11.9. The maximum atomic E-state index is 6.72. The van der Waals surface area contributed by atoms with Crippen LogP contribution in [0.15, 0.2) is 223 Å². The zero-order valence-electron chi connectivity index (χ0n) is 33.2. The molecule has 0 unspecified atom stereocenters. The van der Waals surface area contributed by atoms with Gasteiger partial charge in [0.15, 0.2) is 0 Å². The van der Waals surface area contributed by atoms with Crippen LogP contribution in [-0.2, 0) is 0 Å². The Morgan fingerprint density at radius 3 is 1.28 bits per heavy atom.